The van der Waals surface area contributed by atoms with Crippen molar-refractivity contribution in [1.29, 1.82) is 0 Å². The number of hydrogen-bond acceptors (Lipinski definition) is 13. The summed E-state index contributed by atoms with van der Waals surface area (Å²) < 4.78 is 0. The molecule has 0 aliphatic heterocycles. The number of rotatable bonds is 27. The maximum atomic E-state index is 14.6. The minimum Gasteiger partial charge on any atom is -0.369 e. The number of anilines is 12. The van der Waals surface area contributed by atoms with E-state index in [9.17, 15) is 57.8 Å². The predicted octanol–water partition coefficient (Wildman–Crippen LogP) is 19.9. The van der Waals surface area contributed by atoms with Gasteiger partial charge in [-0.05, 0) is 278 Å². The van der Waals surface area contributed by atoms with Gasteiger partial charge in [0.1, 0.15) is 0 Å². The normalized spacial score (nSPS) is 10.9. The van der Waals surface area contributed by atoms with Gasteiger partial charge in [0.15, 0.2) is 6.23 Å². The van der Waals surface area contributed by atoms with Crippen LogP contribution in [0.1, 0.15) is 126 Å². The van der Waals surface area contributed by atoms with Crippen molar-refractivity contribution in [1.82, 2.24) is 0 Å². The first-order valence-corrected chi connectivity index (χ1v) is 39.6. The third kappa shape index (κ3) is 21.6. The highest BCUT2D eigenvalue weighted by Gasteiger charge is 2.22. The molecule has 0 aliphatic rings. The highest BCUT2D eigenvalue weighted by atomic mass is 16.3. The molecule has 0 radical (unpaired) electrons. The van der Waals surface area contributed by atoms with Gasteiger partial charge in [-0.2, -0.15) is 0 Å². The van der Waals surface area contributed by atoms with Crippen LogP contribution in [0.3, 0.4) is 0 Å². The Bertz CT molecular complexity index is 6460. The molecule has 0 bridgehead atoms. The van der Waals surface area contributed by atoms with E-state index in [1.807, 2.05) is 42.5 Å². The quantitative estimate of drug-likeness (QED) is 0.0213. The highest BCUT2D eigenvalue weighted by Crippen LogP contribution is 2.34. The fraction of sp³-hybridized carbons (Fsp3) is 0.00980. The molecule has 0 saturated carbocycles. The van der Waals surface area contributed by atoms with E-state index >= 15 is 0 Å². The van der Waals surface area contributed by atoms with Crippen molar-refractivity contribution in [3.8, 4) is 22.3 Å². The molecule has 11 amide bonds. The molecule has 0 aliphatic carbocycles. The Balaban J connectivity index is 0.621. The summed E-state index contributed by atoms with van der Waals surface area (Å²) in [6, 6.07) is 103. The number of aliphatic hydroxyl groups is 1. The number of aliphatic hydroxyl groups excluding tert-OH is 1. The van der Waals surface area contributed by atoms with Crippen molar-refractivity contribution in [2.75, 3.05) is 63.8 Å². The molecule has 24 nitrogen and oxygen atoms in total. The van der Waals surface area contributed by atoms with Gasteiger partial charge < -0.3 is 68.9 Å². The Hall–Kier alpha value is -17.8. The fourth-order valence-electron chi connectivity index (χ4n) is 13.4. The summed E-state index contributed by atoms with van der Waals surface area (Å²) in [6.45, 7) is 0. The number of para-hydroxylation sites is 3. The maximum absolute atomic E-state index is 14.6. The van der Waals surface area contributed by atoms with Crippen molar-refractivity contribution in [3.63, 3.8) is 0 Å². The minimum absolute atomic E-state index is 0.00978. The molecule has 15 aromatic rings. The van der Waals surface area contributed by atoms with Gasteiger partial charge in [-0.15, -0.1) is 0 Å². The second-order valence-corrected chi connectivity index (χ2v) is 28.8. The zero-order chi connectivity index (χ0) is 87.4. The monoisotopic (exact) mass is 1660 g/mol. The van der Waals surface area contributed by atoms with Gasteiger partial charge in [0, 0.05) is 141 Å². The Kier molecular flexibility index (Phi) is 25.8. The summed E-state index contributed by atoms with van der Waals surface area (Å²) in [4.78, 5) is 151. The Morgan fingerprint density at radius 1 is 0.175 bits per heavy atom. The van der Waals surface area contributed by atoms with Gasteiger partial charge in [0.2, 0.25) is 0 Å². The van der Waals surface area contributed by atoms with Crippen LogP contribution in [0.4, 0.5) is 68.2 Å². The average Bonchev–Trinajstić information content (AvgIpc) is 0.796. The van der Waals surface area contributed by atoms with Gasteiger partial charge in [0.25, 0.3) is 65.0 Å². The number of carbonyl (C=O) groups is 11. The van der Waals surface area contributed by atoms with E-state index in [2.05, 4.69) is 63.8 Å². The van der Waals surface area contributed by atoms with Crippen LogP contribution in [0.5, 0.6) is 0 Å². The number of benzene rings is 15. The molecule has 616 valence electrons. The van der Waals surface area contributed by atoms with Crippen molar-refractivity contribution < 1.29 is 57.8 Å². The first kappa shape index (κ1) is 83.3. The maximum Gasteiger partial charge on any atom is 0.255 e. The van der Waals surface area contributed by atoms with Gasteiger partial charge in [-0.3, -0.25) is 52.7 Å². The number of amides is 11. The standard InChI is InChI=1S/C102H76N12O12/c115-91(63-16-5-1-6-17-63)105-80-48-52-84(53-49-80)109-101(125)76-56-74(57-77(58-76)102(126)110-85-54-50-81(51-55-85)106-92(116)64-18-7-2-8-19-64)75-60-87(112-98(122)70-36-32-66(33-37-70)94(118)104-79-23-11-4-12-24-79)62-88(61-75)113-99(123)71-38-34-69(35-39-71)97(121)111-86-25-15-20-73(59-86)89-26-13-14-27-90(89)114-100(124)72-42-40-68(41-43-72)96(120)108-83-46-44-82(45-47-83)107-95(119)67-30-28-65(29-31-67)93(117)103-78-21-9-3-10-22-78/h1-62,96,108,120H,(H,103,117)(H,104,118)(H,105,115)(H,106,116)(H,107,119)(H,109,125)(H,110,126)(H,111,121)(H,112,122)(H,113,123)(H,114,124). The van der Waals surface area contributed by atoms with Crippen molar-refractivity contribution in [2.24, 2.45) is 0 Å². The number of nitrogens with one attached hydrogen (secondary N) is 12. The predicted molar refractivity (Wildman–Crippen MR) is 491 cm³/mol. The Morgan fingerprint density at radius 2 is 0.421 bits per heavy atom. The lowest BCUT2D eigenvalue weighted by atomic mass is 9.97. The third-order valence-corrected chi connectivity index (χ3v) is 19.9. The van der Waals surface area contributed by atoms with Crippen molar-refractivity contribution in [3.05, 3.63) is 443 Å². The lowest BCUT2D eigenvalue weighted by molar-refractivity contribution is 0.101. The molecular formula is C102H76N12O12. The van der Waals surface area contributed by atoms with E-state index in [1.54, 1.807) is 261 Å². The first-order valence-electron chi connectivity index (χ1n) is 39.6. The van der Waals surface area contributed by atoms with E-state index in [0.29, 0.717) is 107 Å². The summed E-state index contributed by atoms with van der Waals surface area (Å²) >= 11 is 0. The van der Waals surface area contributed by atoms with Crippen LogP contribution >= 0.6 is 0 Å². The Labute approximate surface area is 722 Å². The molecule has 15 rings (SSSR count). The van der Waals surface area contributed by atoms with Gasteiger partial charge >= 0.3 is 0 Å². The molecule has 1 unspecified atom stereocenters. The van der Waals surface area contributed by atoms with Crippen LogP contribution in [-0.2, 0) is 0 Å². The van der Waals surface area contributed by atoms with Gasteiger partial charge in [0.05, 0.1) is 0 Å². The van der Waals surface area contributed by atoms with Crippen LogP contribution in [0.25, 0.3) is 22.3 Å². The Morgan fingerprint density at radius 3 is 0.778 bits per heavy atom. The zero-order valence-electron chi connectivity index (χ0n) is 66.8. The summed E-state index contributed by atoms with van der Waals surface area (Å²) in [6.07, 6.45) is -1.17. The second kappa shape index (κ2) is 39.0. The molecule has 0 saturated heterocycles. The summed E-state index contributed by atoms with van der Waals surface area (Å²) in [5.41, 5.74) is 10.1. The van der Waals surface area contributed by atoms with Gasteiger partial charge in [-0.25, -0.2) is 0 Å². The molecule has 0 aromatic heterocycles. The second-order valence-electron chi connectivity index (χ2n) is 28.8. The van der Waals surface area contributed by atoms with E-state index in [-0.39, 0.29) is 73.9 Å². The summed E-state index contributed by atoms with van der Waals surface area (Å²) in [5.74, 6) is -5.22. The van der Waals surface area contributed by atoms with Crippen molar-refractivity contribution in [2.45, 2.75) is 6.23 Å². The molecule has 13 N–H and O–H groups in total. The van der Waals surface area contributed by atoms with Gasteiger partial charge in [-0.1, -0.05) is 115 Å². The van der Waals surface area contributed by atoms with Crippen LogP contribution in [0, 0.1) is 0 Å². The summed E-state index contributed by atoms with van der Waals surface area (Å²) in [7, 11) is 0. The molecule has 0 heterocycles. The fourth-order valence-corrected chi connectivity index (χ4v) is 13.4. The summed E-state index contributed by atoms with van der Waals surface area (Å²) in [5, 5.41) is 45.9. The van der Waals surface area contributed by atoms with E-state index in [0.717, 1.165) is 0 Å². The molecule has 0 spiro atoms. The first-order chi connectivity index (χ1) is 61.3. The smallest absolute Gasteiger partial charge is 0.255 e. The number of carbonyl (C=O) groups excluding carboxylic acids is 11. The van der Waals surface area contributed by atoms with E-state index in [4.69, 9.17) is 0 Å². The molecule has 24 heteroatoms. The minimum atomic E-state index is -1.17. The molecule has 15 aromatic carbocycles. The SMILES string of the molecule is O=C(Nc1ccc(NC(=O)c2cc(C(=O)Nc3ccc(NC(=O)c4ccccc4)cc3)cc(-c3cc(NC(=O)c4ccc(C(=O)Nc5ccccc5)cc4)cc(NC(=O)c4ccc(C(=O)Nc5cccc(-c6ccccc6NC(=O)c6ccc(C(O)Nc7ccc(NC(=O)c8ccc(C(=O)Nc9ccccc9)cc8)cc7)cc6)c5)cc4)c3)c2)cc1)c1ccccc1. The van der Waals surface area contributed by atoms with Crippen LogP contribution in [0.2, 0.25) is 0 Å². The van der Waals surface area contributed by atoms with E-state index in [1.165, 1.54) is 72.8 Å². The van der Waals surface area contributed by atoms with Crippen molar-refractivity contribution >= 4 is 133 Å². The van der Waals surface area contributed by atoms with E-state index < -0.39 is 47.6 Å². The molecule has 126 heavy (non-hydrogen) atoms. The lowest BCUT2D eigenvalue weighted by Gasteiger charge is -2.16. The molecular weight excluding hydrogens is 1590 g/mol. The zero-order valence-corrected chi connectivity index (χ0v) is 66.8. The average molecular weight is 1660 g/mol. The van der Waals surface area contributed by atoms with Crippen LogP contribution in [0.15, 0.2) is 376 Å². The lowest BCUT2D eigenvalue weighted by Crippen LogP contribution is -2.17. The number of hydrogen-bond donors (Lipinski definition) is 13. The topological polar surface area (TPSA) is 352 Å². The largest absolute Gasteiger partial charge is 0.369 e. The molecule has 1 atom stereocenters. The third-order valence-electron chi connectivity index (χ3n) is 19.9. The van der Waals surface area contributed by atoms with Crippen LogP contribution < -0.4 is 63.8 Å². The molecule has 0 fully saturated rings. The van der Waals surface area contributed by atoms with Crippen LogP contribution in [-0.4, -0.2) is 70.1 Å². The highest BCUT2D eigenvalue weighted by molar-refractivity contribution is 6.14.